The van der Waals surface area contributed by atoms with E-state index in [1.165, 1.54) is 0 Å². The van der Waals surface area contributed by atoms with Crippen molar-refractivity contribution in [3.8, 4) is 0 Å². The van der Waals surface area contributed by atoms with Crippen LogP contribution in [0.4, 0.5) is 0 Å². The molecule has 144 valence electrons. The van der Waals surface area contributed by atoms with Crippen LogP contribution in [0.2, 0.25) is 6.32 Å². The van der Waals surface area contributed by atoms with Crippen molar-refractivity contribution in [3.63, 3.8) is 0 Å². The van der Waals surface area contributed by atoms with Gasteiger partial charge in [-0.3, -0.25) is 9.59 Å². The molecule has 1 aliphatic rings. The second kappa shape index (κ2) is 8.40. The first-order chi connectivity index (χ1) is 11.4. The number of rotatable bonds is 10. The molecule has 0 radical (unpaired) electrons. The summed E-state index contributed by atoms with van der Waals surface area (Å²) in [6.07, 6.45) is 0.383. The van der Waals surface area contributed by atoms with Crippen LogP contribution in [0.5, 0.6) is 0 Å². The molecule has 1 rings (SSSR count). The Morgan fingerprint density at radius 1 is 1.36 bits per heavy atom. The van der Waals surface area contributed by atoms with Gasteiger partial charge in [0.2, 0.25) is 0 Å². The molecular weight excluding hydrogens is 359 g/mol. The van der Waals surface area contributed by atoms with Crippen molar-refractivity contribution in [2.75, 3.05) is 19.6 Å². The van der Waals surface area contributed by atoms with Crippen LogP contribution >= 0.6 is 0 Å². The van der Waals surface area contributed by atoms with Gasteiger partial charge in [0.1, 0.15) is 11.6 Å². The van der Waals surface area contributed by atoms with Gasteiger partial charge in [-0.1, -0.05) is 6.42 Å². The van der Waals surface area contributed by atoms with Crippen molar-refractivity contribution in [3.05, 3.63) is 0 Å². The fraction of sp³-hybridized carbons (Fsp3) is 0.818. The maximum Gasteiger partial charge on any atom is 0.451 e. The van der Waals surface area contributed by atoms with Crippen LogP contribution in [0.1, 0.15) is 12.8 Å². The highest BCUT2D eigenvalue weighted by molar-refractivity contribution is 7.87. The number of carbonyl (C=O) groups is 2. The molecule has 1 saturated heterocycles. The fourth-order valence-corrected chi connectivity index (χ4v) is 4.13. The lowest BCUT2D eigenvalue weighted by molar-refractivity contribution is -0.144. The molecule has 1 aliphatic heterocycles. The molecular formula is C11H23BN4O8S. The van der Waals surface area contributed by atoms with Crippen LogP contribution in [0.25, 0.3) is 0 Å². The monoisotopic (exact) mass is 382 g/mol. The second-order valence-corrected chi connectivity index (χ2v) is 7.70. The number of carboxylic acid groups (broad SMARTS) is 2. The highest BCUT2D eigenvalue weighted by Gasteiger charge is 2.52. The Balaban J connectivity index is 2.92. The predicted molar refractivity (Wildman–Crippen MR) is 86.4 cm³/mol. The van der Waals surface area contributed by atoms with E-state index < -0.39 is 59.9 Å². The smallest absolute Gasteiger partial charge is 0.451 e. The minimum absolute atomic E-state index is 0.00847. The van der Waals surface area contributed by atoms with Gasteiger partial charge in [0.25, 0.3) is 10.2 Å². The molecule has 0 aromatic carbocycles. The summed E-state index contributed by atoms with van der Waals surface area (Å²) in [4.78, 5) is 22.4. The fourth-order valence-electron chi connectivity index (χ4n) is 2.67. The summed E-state index contributed by atoms with van der Waals surface area (Å²) in [5, 5.41) is 36.0. The van der Waals surface area contributed by atoms with Crippen LogP contribution in [-0.4, -0.2) is 83.3 Å². The number of hydrogen-bond acceptors (Lipinski definition) is 8. The van der Waals surface area contributed by atoms with Crippen molar-refractivity contribution in [1.82, 2.24) is 9.03 Å². The van der Waals surface area contributed by atoms with Crippen molar-refractivity contribution in [1.29, 1.82) is 0 Å². The molecule has 25 heavy (non-hydrogen) atoms. The first kappa shape index (κ1) is 21.8. The van der Waals surface area contributed by atoms with E-state index in [4.69, 9.17) is 26.6 Å². The maximum absolute atomic E-state index is 12.3. The summed E-state index contributed by atoms with van der Waals surface area (Å²) in [6, 6.07) is -1.55. The number of nitrogens with one attached hydrogen (secondary N) is 1. The molecule has 0 bridgehead atoms. The summed E-state index contributed by atoms with van der Waals surface area (Å²) >= 11 is 0. The zero-order valence-corrected chi connectivity index (χ0v) is 14.2. The number of carboxylic acids is 2. The lowest BCUT2D eigenvalue weighted by atomic mass is 9.78. The highest BCUT2D eigenvalue weighted by atomic mass is 32.2. The van der Waals surface area contributed by atoms with Crippen molar-refractivity contribution in [2.45, 2.75) is 30.7 Å². The van der Waals surface area contributed by atoms with Crippen LogP contribution in [0.15, 0.2) is 0 Å². The normalized spacial score (nSPS) is 25.7. The van der Waals surface area contributed by atoms with Crippen LogP contribution in [0, 0.1) is 5.92 Å². The lowest BCUT2D eigenvalue weighted by Crippen LogP contribution is -2.56. The quantitative estimate of drug-likeness (QED) is 0.183. The Bertz CT molecular complexity index is 603. The number of nitrogens with zero attached hydrogens (tertiary/aromatic N) is 1. The van der Waals surface area contributed by atoms with E-state index >= 15 is 0 Å². The number of aliphatic carboxylic acids is 2. The zero-order chi connectivity index (χ0) is 19.4. The number of nitrogens with two attached hydrogens (primary N) is 2. The van der Waals surface area contributed by atoms with Crippen molar-refractivity contribution >= 4 is 29.3 Å². The average Bonchev–Trinajstić information content (AvgIpc) is 2.84. The average molecular weight is 382 g/mol. The van der Waals surface area contributed by atoms with E-state index in [-0.39, 0.29) is 25.7 Å². The molecule has 0 saturated carbocycles. The molecule has 0 aromatic heterocycles. The minimum atomic E-state index is -4.31. The first-order valence-corrected chi connectivity index (χ1v) is 8.96. The van der Waals surface area contributed by atoms with Gasteiger partial charge in [-0.25, -0.2) is 0 Å². The third kappa shape index (κ3) is 5.34. The van der Waals surface area contributed by atoms with Crippen LogP contribution < -0.4 is 16.2 Å². The summed E-state index contributed by atoms with van der Waals surface area (Å²) in [7, 11) is -5.87. The highest BCUT2D eigenvalue weighted by Crippen LogP contribution is 2.31. The Hall–Kier alpha value is -1.29. The summed E-state index contributed by atoms with van der Waals surface area (Å²) in [6.45, 7) is -1.26. The first-order valence-electron chi connectivity index (χ1n) is 7.52. The molecule has 0 aliphatic carbocycles. The standard InChI is InChI=1S/C11H23BN4O8S/c13-4-8(9(17)18)15-25(23,24)16-5-7(2-1-3-12(21)22)11(14,6-16)10(19)20/h7-8,15,21-22H,1-6,13-14H2,(H,17,18)(H,19,20)/t7-,8+,11-/m0/s1. The summed E-state index contributed by atoms with van der Waals surface area (Å²) < 4.78 is 27.3. The molecule has 1 heterocycles. The lowest BCUT2D eigenvalue weighted by Gasteiger charge is -2.25. The van der Waals surface area contributed by atoms with Gasteiger partial charge in [0.15, 0.2) is 0 Å². The molecule has 9 N–H and O–H groups in total. The largest absolute Gasteiger partial charge is 0.480 e. The maximum atomic E-state index is 12.3. The van der Waals surface area contributed by atoms with Crippen LogP contribution in [0.3, 0.4) is 0 Å². The molecule has 0 spiro atoms. The predicted octanol–water partition coefficient (Wildman–Crippen LogP) is -3.80. The zero-order valence-electron chi connectivity index (χ0n) is 13.4. The van der Waals surface area contributed by atoms with Gasteiger partial charge < -0.3 is 31.7 Å². The third-order valence-corrected chi connectivity index (χ3v) is 5.71. The molecule has 3 atom stereocenters. The van der Waals surface area contributed by atoms with Crippen molar-refractivity contribution < 1.29 is 38.3 Å². The Labute approximate surface area is 145 Å². The van der Waals surface area contributed by atoms with Gasteiger partial charge in [-0.2, -0.15) is 17.4 Å². The van der Waals surface area contributed by atoms with Crippen molar-refractivity contribution in [2.24, 2.45) is 17.4 Å². The van der Waals surface area contributed by atoms with E-state index in [0.29, 0.717) is 0 Å². The number of hydrogen-bond donors (Lipinski definition) is 7. The molecule has 12 nitrogen and oxygen atoms in total. The van der Waals surface area contributed by atoms with E-state index in [1.807, 2.05) is 4.72 Å². The van der Waals surface area contributed by atoms with E-state index in [9.17, 15) is 23.1 Å². The van der Waals surface area contributed by atoms with E-state index in [0.717, 1.165) is 4.31 Å². The summed E-state index contributed by atoms with van der Waals surface area (Å²) in [5.74, 6) is -3.63. The third-order valence-electron chi connectivity index (χ3n) is 4.17. The van der Waals surface area contributed by atoms with Gasteiger partial charge in [-0.05, 0) is 12.7 Å². The van der Waals surface area contributed by atoms with Gasteiger partial charge in [0, 0.05) is 25.6 Å². The molecule has 1 fully saturated rings. The van der Waals surface area contributed by atoms with Gasteiger partial charge in [-0.15, -0.1) is 0 Å². The SMILES string of the molecule is NC[C@@H](NS(=O)(=O)N1C[C@H](CCCB(O)O)[C@](N)(C(=O)O)C1)C(=O)O. The Morgan fingerprint density at radius 2 is 1.96 bits per heavy atom. The topological polar surface area (TPSA) is 217 Å². The molecule has 0 aromatic rings. The Kier molecular flexibility index (Phi) is 7.31. The van der Waals surface area contributed by atoms with E-state index in [2.05, 4.69) is 0 Å². The Morgan fingerprint density at radius 3 is 2.40 bits per heavy atom. The second-order valence-electron chi connectivity index (χ2n) is 6.00. The van der Waals surface area contributed by atoms with Gasteiger partial charge in [0.05, 0.1) is 0 Å². The van der Waals surface area contributed by atoms with Crippen LogP contribution in [-0.2, 0) is 19.8 Å². The van der Waals surface area contributed by atoms with E-state index in [1.54, 1.807) is 0 Å². The summed E-state index contributed by atoms with van der Waals surface area (Å²) in [5.41, 5.74) is 9.22. The minimum Gasteiger partial charge on any atom is -0.480 e. The molecule has 14 heteroatoms. The molecule has 0 amide bonds. The molecule has 0 unspecified atom stereocenters. The van der Waals surface area contributed by atoms with Gasteiger partial charge >= 0.3 is 19.1 Å².